The fourth-order valence-electron chi connectivity index (χ4n) is 8.49. The van der Waals surface area contributed by atoms with Crippen LogP contribution < -0.4 is 5.32 Å². The Balaban J connectivity index is 1.08. The molecular weight excluding hydrogens is 659 g/mol. The van der Waals surface area contributed by atoms with E-state index in [1.54, 1.807) is 0 Å². The fraction of sp³-hybridized carbons (Fsp3) is 0.0652. The van der Waals surface area contributed by atoms with E-state index < -0.39 is 10.0 Å². The number of thiophene rings is 1. The van der Waals surface area contributed by atoms with Gasteiger partial charge in [0.05, 0.1) is 27.6 Å². The van der Waals surface area contributed by atoms with Crippen LogP contribution in [0, 0.1) is 0 Å². The highest BCUT2D eigenvalue weighted by atomic mass is 32.3. The minimum Gasteiger partial charge on any atom is -0.358 e. The number of para-hydroxylation sites is 1. The maximum absolute atomic E-state index is 5.28. The summed E-state index contributed by atoms with van der Waals surface area (Å²) in [5.74, 6) is 0.902. The number of rotatable bonds is 3. The molecule has 1 atom stereocenters. The second-order valence-corrected chi connectivity index (χ2v) is 18.6. The van der Waals surface area contributed by atoms with Gasteiger partial charge in [-0.15, -0.1) is 11.3 Å². The van der Waals surface area contributed by atoms with Crippen LogP contribution in [0.2, 0.25) is 0 Å². The van der Waals surface area contributed by atoms with Crippen molar-refractivity contribution in [2.45, 2.75) is 15.8 Å². The minimum absolute atomic E-state index is 0.0371. The molecule has 0 radical (unpaired) electrons. The van der Waals surface area contributed by atoms with Gasteiger partial charge in [-0.25, -0.2) is 4.99 Å². The van der Waals surface area contributed by atoms with Gasteiger partial charge in [0.15, 0.2) is 0 Å². The van der Waals surface area contributed by atoms with E-state index >= 15 is 0 Å². The Morgan fingerprint density at radius 1 is 0.627 bits per heavy atom. The number of aliphatic imine (C=N–C) groups is 1. The summed E-state index contributed by atoms with van der Waals surface area (Å²) < 4.78 is 3.71. The van der Waals surface area contributed by atoms with Gasteiger partial charge in [-0.2, -0.15) is 10.0 Å². The maximum Gasteiger partial charge on any atom is 0.134 e. The Hall–Kier alpha value is -5.62. The van der Waals surface area contributed by atoms with Gasteiger partial charge in [-0.05, 0) is 95.1 Å². The molecule has 0 fully saturated rings. The Kier molecular flexibility index (Phi) is 6.11. The predicted molar refractivity (Wildman–Crippen MR) is 219 cm³/mol. The molecule has 0 bridgehead atoms. The number of hydrogen-bond acceptors (Lipinski definition) is 3. The second kappa shape index (κ2) is 10.7. The Morgan fingerprint density at radius 3 is 2.24 bits per heavy atom. The summed E-state index contributed by atoms with van der Waals surface area (Å²) in [6.45, 7) is 0. The van der Waals surface area contributed by atoms with Crippen molar-refractivity contribution < 1.29 is 0 Å². The average molecular weight is 692 g/mol. The molecule has 2 aliphatic heterocycles. The van der Waals surface area contributed by atoms with Crippen molar-refractivity contribution in [3.8, 4) is 16.8 Å². The smallest absolute Gasteiger partial charge is 0.134 e. The van der Waals surface area contributed by atoms with Crippen LogP contribution in [-0.2, 0) is 0 Å². The van der Waals surface area contributed by atoms with E-state index in [0.29, 0.717) is 0 Å². The molecule has 0 spiro atoms. The van der Waals surface area contributed by atoms with Gasteiger partial charge in [-0.3, -0.25) is 0 Å². The highest BCUT2D eigenvalue weighted by Crippen LogP contribution is 2.68. The lowest BCUT2D eigenvalue weighted by Gasteiger charge is -2.28. The predicted octanol–water partition coefficient (Wildman–Crippen LogP) is 12.4. The summed E-state index contributed by atoms with van der Waals surface area (Å²) in [5, 5.41) is 10.2. The van der Waals surface area contributed by atoms with Crippen LogP contribution >= 0.6 is 21.4 Å². The van der Waals surface area contributed by atoms with Crippen molar-refractivity contribution >= 4 is 75.6 Å². The molecule has 2 aromatic heterocycles. The molecular formula is C46H33N3S2. The lowest BCUT2D eigenvalue weighted by molar-refractivity contribution is 0.766. The van der Waals surface area contributed by atoms with Gasteiger partial charge in [0.25, 0.3) is 0 Å². The molecule has 2 aliphatic rings. The number of hydrogen-bond donors (Lipinski definition) is 1. The van der Waals surface area contributed by atoms with Crippen molar-refractivity contribution in [3.05, 3.63) is 168 Å². The van der Waals surface area contributed by atoms with Crippen LogP contribution in [0.1, 0.15) is 22.0 Å². The van der Waals surface area contributed by atoms with Crippen LogP contribution in [0.25, 0.3) is 59.5 Å². The molecule has 1 N–H and O–H groups in total. The third-order valence-electron chi connectivity index (χ3n) is 10.9. The quantitative estimate of drug-likeness (QED) is 0.196. The molecule has 0 amide bonds. The molecule has 0 aliphatic carbocycles. The second-order valence-electron chi connectivity index (χ2n) is 14.0. The van der Waals surface area contributed by atoms with E-state index in [2.05, 4.69) is 174 Å². The first-order chi connectivity index (χ1) is 25.0. The molecule has 51 heavy (non-hydrogen) atoms. The van der Waals surface area contributed by atoms with Crippen molar-refractivity contribution in [2.75, 3.05) is 12.5 Å². The first-order valence-corrected chi connectivity index (χ1v) is 20.7. The summed E-state index contributed by atoms with van der Waals surface area (Å²) in [6, 6.07) is 55.8. The molecule has 7 aromatic carbocycles. The van der Waals surface area contributed by atoms with Crippen LogP contribution in [0.3, 0.4) is 0 Å². The SMILES string of the molecule is CS1(C)c2ccccc2-c2c1ccc1cc3c4ccccc4n(-c4ccc(C5=Nc6c(sc7ccccc67)C(c6ccccc6)N5)cc4)c3cc21. The van der Waals surface area contributed by atoms with Gasteiger partial charge in [0.2, 0.25) is 0 Å². The van der Waals surface area contributed by atoms with Gasteiger partial charge >= 0.3 is 0 Å². The number of aromatic nitrogens is 1. The largest absolute Gasteiger partial charge is 0.358 e. The average Bonchev–Trinajstić information content (AvgIpc) is 3.79. The third-order valence-corrected chi connectivity index (χ3v) is 15.0. The molecule has 1 unspecified atom stereocenters. The Labute approximate surface area is 301 Å². The third kappa shape index (κ3) is 4.16. The number of nitrogens with zero attached hydrogens (tertiary/aromatic N) is 2. The van der Waals surface area contributed by atoms with Crippen LogP contribution in [0.4, 0.5) is 5.69 Å². The maximum atomic E-state index is 5.28. The zero-order chi connectivity index (χ0) is 33.8. The fourth-order valence-corrected chi connectivity index (χ4v) is 12.2. The molecule has 3 nitrogen and oxygen atoms in total. The first kappa shape index (κ1) is 29.1. The lowest BCUT2D eigenvalue weighted by atomic mass is 9.97. The molecule has 9 aromatic rings. The number of benzene rings is 7. The van der Waals surface area contributed by atoms with Gasteiger partial charge < -0.3 is 9.88 Å². The van der Waals surface area contributed by atoms with Crippen LogP contribution in [0.5, 0.6) is 0 Å². The Morgan fingerprint density at radius 2 is 1.37 bits per heavy atom. The number of amidine groups is 1. The summed E-state index contributed by atoms with van der Waals surface area (Å²) in [4.78, 5) is 9.51. The summed E-state index contributed by atoms with van der Waals surface area (Å²) in [5.41, 5.74) is 9.78. The van der Waals surface area contributed by atoms with E-state index in [4.69, 9.17) is 4.99 Å². The first-order valence-electron chi connectivity index (χ1n) is 17.4. The van der Waals surface area contributed by atoms with Gasteiger partial charge in [0, 0.05) is 47.5 Å². The molecule has 11 rings (SSSR count). The minimum atomic E-state index is -1.08. The molecule has 244 valence electrons. The van der Waals surface area contributed by atoms with Crippen LogP contribution in [0.15, 0.2) is 166 Å². The van der Waals surface area contributed by atoms with Crippen LogP contribution in [-0.4, -0.2) is 22.9 Å². The van der Waals surface area contributed by atoms with Crippen molar-refractivity contribution in [1.82, 2.24) is 9.88 Å². The topological polar surface area (TPSA) is 29.3 Å². The van der Waals surface area contributed by atoms with E-state index in [0.717, 1.165) is 22.8 Å². The van der Waals surface area contributed by atoms with Gasteiger partial charge in [-0.1, -0.05) is 91.0 Å². The highest BCUT2D eigenvalue weighted by Gasteiger charge is 2.33. The molecule has 0 saturated carbocycles. The van der Waals surface area contributed by atoms with Crippen molar-refractivity contribution in [3.63, 3.8) is 0 Å². The molecule has 4 heterocycles. The summed E-state index contributed by atoms with van der Waals surface area (Å²) in [6.07, 6.45) is 4.88. The van der Waals surface area contributed by atoms with E-state index in [1.807, 2.05) is 11.3 Å². The molecule has 0 saturated heterocycles. The van der Waals surface area contributed by atoms with Crippen molar-refractivity contribution in [1.29, 1.82) is 0 Å². The monoisotopic (exact) mass is 691 g/mol. The number of nitrogens with one attached hydrogen (secondary N) is 1. The van der Waals surface area contributed by atoms with E-state index in [1.165, 1.54) is 74.0 Å². The number of fused-ring (bicyclic) bond motifs is 11. The standard InChI is InChI=1S/C46H33N3S2/c1-51(2)40-19-11-8-16-34(40)42-35-27-38-36(26-30(35)22-25-41(42)51)32-14-6-9-17-37(32)49(38)31-23-20-29(21-24-31)46-47-43(28-12-4-3-5-13-28)45-44(48-46)33-15-7-10-18-39(33)50-45/h3-27,43H,1-2H3,(H,47,48). The zero-order valence-corrected chi connectivity index (χ0v) is 29.9. The summed E-state index contributed by atoms with van der Waals surface area (Å²) in [7, 11) is -1.08. The Bertz CT molecular complexity index is 2910. The molecule has 5 heteroatoms. The van der Waals surface area contributed by atoms with Gasteiger partial charge in [0.1, 0.15) is 5.84 Å². The summed E-state index contributed by atoms with van der Waals surface area (Å²) >= 11 is 1.84. The van der Waals surface area contributed by atoms with E-state index in [9.17, 15) is 0 Å². The lowest BCUT2D eigenvalue weighted by Crippen LogP contribution is -2.32. The van der Waals surface area contributed by atoms with E-state index in [-0.39, 0.29) is 6.04 Å². The highest BCUT2D eigenvalue weighted by molar-refractivity contribution is 8.33. The normalized spacial score (nSPS) is 16.5. The van der Waals surface area contributed by atoms with Crippen molar-refractivity contribution in [2.24, 2.45) is 4.99 Å². The zero-order valence-electron chi connectivity index (χ0n) is 28.2.